The van der Waals surface area contributed by atoms with E-state index >= 15 is 0 Å². The number of carbonyl (C=O) groups is 2. The van der Waals surface area contributed by atoms with Crippen molar-refractivity contribution in [2.24, 2.45) is 7.05 Å². The van der Waals surface area contributed by atoms with Gasteiger partial charge in [0.05, 0.1) is 19.9 Å². The molecule has 2 N–H and O–H groups in total. The van der Waals surface area contributed by atoms with E-state index in [-0.39, 0.29) is 11.5 Å². The molecule has 1 aromatic heterocycles. The first-order chi connectivity index (χ1) is 8.42. The number of hydrogen-bond acceptors (Lipinski definition) is 7. The van der Waals surface area contributed by atoms with Crippen LogP contribution in [0.15, 0.2) is 6.20 Å². The molecule has 1 rings (SSSR count). The van der Waals surface area contributed by atoms with E-state index in [0.717, 1.165) is 7.11 Å². The van der Waals surface area contributed by atoms with E-state index < -0.39 is 24.1 Å². The van der Waals surface area contributed by atoms with Crippen molar-refractivity contribution in [2.45, 2.75) is 12.2 Å². The lowest BCUT2D eigenvalue weighted by atomic mass is 10.1. The monoisotopic (exact) mass is 258 g/mol. The third kappa shape index (κ3) is 2.66. The normalized spacial score (nSPS) is 13.8. The van der Waals surface area contributed by atoms with Crippen LogP contribution in [0.4, 0.5) is 0 Å². The summed E-state index contributed by atoms with van der Waals surface area (Å²) in [6, 6.07) is 0. The summed E-state index contributed by atoms with van der Waals surface area (Å²) >= 11 is 0. The summed E-state index contributed by atoms with van der Waals surface area (Å²) in [5, 5.41) is 19.1. The van der Waals surface area contributed by atoms with Gasteiger partial charge in [-0.3, -0.25) is 0 Å². The number of rotatable bonds is 4. The Labute approximate surface area is 103 Å². The molecule has 8 nitrogen and oxygen atoms in total. The summed E-state index contributed by atoms with van der Waals surface area (Å²) in [6.07, 6.45) is -2.04. The van der Waals surface area contributed by atoms with Crippen molar-refractivity contribution in [3.63, 3.8) is 0 Å². The Balaban J connectivity index is 2.97. The molecule has 0 aliphatic carbocycles. The first-order valence-corrected chi connectivity index (χ1v) is 4.97. The van der Waals surface area contributed by atoms with Gasteiger partial charge in [-0.25, -0.2) is 14.6 Å². The van der Waals surface area contributed by atoms with Gasteiger partial charge < -0.3 is 24.3 Å². The predicted octanol–water partition coefficient (Wildman–Crippen LogP) is -1.23. The molecule has 0 aliphatic heterocycles. The third-order valence-corrected chi connectivity index (χ3v) is 2.31. The minimum atomic E-state index is -1.77. The van der Waals surface area contributed by atoms with E-state index in [1.807, 2.05) is 0 Å². The molecule has 8 heteroatoms. The Morgan fingerprint density at radius 3 is 2.44 bits per heavy atom. The van der Waals surface area contributed by atoms with E-state index in [4.69, 9.17) is 0 Å². The Bertz CT molecular complexity index is 455. The van der Waals surface area contributed by atoms with E-state index in [0.29, 0.717) is 0 Å². The molecule has 0 saturated heterocycles. The zero-order valence-electron chi connectivity index (χ0n) is 10.2. The zero-order chi connectivity index (χ0) is 13.9. The van der Waals surface area contributed by atoms with Crippen molar-refractivity contribution in [3.8, 4) is 0 Å². The van der Waals surface area contributed by atoms with Crippen molar-refractivity contribution in [1.29, 1.82) is 0 Å². The Morgan fingerprint density at radius 2 is 1.94 bits per heavy atom. The maximum atomic E-state index is 11.3. The number of hydrogen-bond donors (Lipinski definition) is 2. The molecule has 0 spiro atoms. The largest absolute Gasteiger partial charge is 0.467 e. The molecule has 100 valence electrons. The molecular weight excluding hydrogens is 244 g/mol. The van der Waals surface area contributed by atoms with Crippen molar-refractivity contribution < 1.29 is 29.3 Å². The number of ether oxygens (including phenoxy) is 2. The van der Waals surface area contributed by atoms with Gasteiger partial charge in [0.1, 0.15) is 6.10 Å². The van der Waals surface area contributed by atoms with Crippen LogP contribution < -0.4 is 0 Å². The van der Waals surface area contributed by atoms with Crippen LogP contribution in [0.2, 0.25) is 0 Å². The molecule has 2 atom stereocenters. The summed E-state index contributed by atoms with van der Waals surface area (Å²) in [5.41, 5.74) is -0.0317. The molecule has 1 heterocycles. The number of aromatic nitrogens is 2. The number of imidazole rings is 1. The lowest BCUT2D eigenvalue weighted by Gasteiger charge is -2.12. The average molecular weight is 258 g/mol. The molecule has 0 saturated carbocycles. The second kappa shape index (κ2) is 5.61. The van der Waals surface area contributed by atoms with E-state index in [1.165, 1.54) is 24.9 Å². The first-order valence-electron chi connectivity index (χ1n) is 4.97. The summed E-state index contributed by atoms with van der Waals surface area (Å²) in [6.45, 7) is 0. The van der Waals surface area contributed by atoms with Gasteiger partial charge >= 0.3 is 11.9 Å². The van der Waals surface area contributed by atoms with Gasteiger partial charge in [0.25, 0.3) is 0 Å². The highest BCUT2D eigenvalue weighted by molar-refractivity contribution is 5.85. The van der Waals surface area contributed by atoms with Crippen LogP contribution in [0.1, 0.15) is 22.4 Å². The van der Waals surface area contributed by atoms with Gasteiger partial charge in [-0.05, 0) is 0 Å². The smallest absolute Gasteiger partial charge is 0.374 e. The fourth-order valence-electron chi connectivity index (χ4n) is 1.32. The van der Waals surface area contributed by atoms with Gasteiger partial charge in [-0.15, -0.1) is 0 Å². The average Bonchev–Trinajstić information content (AvgIpc) is 2.77. The van der Waals surface area contributed by atoms with Crippen molar-refractivity contribution >= 4 is 11.9 Å². The van der Waals surface area contributed by atoms with Gasteiger partial charge in [-0.1, -0.05) is 0 Å². The van der Waals surface area contributed by atoms with E-state index in [1.54, 1.807) is 0 Å². The minimum absolute atomic E-state index is 0.0317. The second-order valence-electron chi connectivity index (χ2n) is 3.50. The maximum Gasteiger partial charge on any atom is 0.374 e. The molecule has 0 aromatic carbocycles. The molecule has 18 heavy (non-hydrogen) atoms. The van der Waals surface area contributed by atoms with Crippen molar-refractivity contribution in [3.05, 3.63) is 17.7 Å². The summed E-state index contributed by atoms with van der Waals surface area (Å²) < 4.78 is 10.1. The van der Waals surface area contributed by atoms with Crippen LogP contribution in [-0.2, 0) is 21.3 Å². The fraction of sp³-hybridized carbons (Fsp3) is 0.500. The lowest BCUT2D eigenvalue weighted by Crippen LogP contribution is -2.29. The van der Waals surface area contributed by atoms with Crippen LogP contribution in [0.25, 0.3) is 0 Å². The first kappa shape index (κ1) is 14.1. The second-order valence-corrected chi connectivity index (χ2v) is 3.50. The number of aliphatic hydroxyl groups excluding tert-OH is 2. The molecule has 0 aliphatic rings. The molecular formula is C10H14N2O6. The highest BCUT2D eigenvalue weighted by Crippen LogP contribution is 2.17. The number of aliphatic hydroxyl groups is 2. The molecule has 1 aromatic rings. The topological polar surface area (TPSA) is 111 Å². The Hall–Kier alpha value is -1.93. The summed E-state index contributed by atoms with van der Waals surface area (Å²) in [5.74, 6) is -1.74. The lowest BCUT2D eigenvalue weighted by molar-refractivity contribution is -0.157. The minimum Gasteiger partial charge on any atom is -0.467 e. The van der Waals surface area contributed by atoms with Gasteiger partial charge in [-0.2, -0.15) is 0 Å². The molecule has 0 amide bonds. The SMILES string of the molecule is COC(=O)c1nc(C(O)C(O)C(=O)OC)cn1C. The highest BCUT2D eigenvalue weighted by atomic mass is 16.5. The summed E-state index contributed by atoms with van der Waals surface area (Å²) in [7, 11) is 3.78. The predicted molar refractivity (Wildman–Crippen MR) is 57.5 cm³/mol. The highest BCUT2D eigenvalue weighted by Gasteiger charge is 2.29. The van der Waals surface area contributed by atoms with E-state index in [9.17, 15) is 19.8 Å². The Kier molecular flexibility index (Phi) is 4.40. The van der Waals surface area contributed by atoms with Crippen LogP contribution in [0.5, 0.6) is 0 Å². The van der Waals surface area contributed by atoms with Crippen LogP contribution in [0, 0.1) is 0 Å². The van der Waals surface area contributed by atoms with Crippen molar-refractivity contribution in [2.75, 3.05) is 14.2 Å². The maximum absolute atomic E-state index is 11.3. The third-order valence-electron chi connectivity index (χ3n) is 2.31. The summed E-state index contributed by atoms with van der Waals surface area (Å²) in [4.78, 5) is 26.1. The van der Waals surface area contributed by atoms with Crippen molar-refractivity contribution in [1.82, 2.24) is 9.55 Å². The molecule has 0 bridgehead atoms. The van der Waals surface area contributed by atoms with Crippen LogP contribution in [-0.4, -0.2) is 52.0 Å². The molecule has 2 unspecified atom stereocenters. The van der Waals surface area contributed by atoms with E-state index in [2.05, 4.69) is 14.5 Å². The number of aryl methyl sites for hydroxylation is 1. The van der Waals surface area contributed by atoms with Gasteiger partial charge in [0.2, 0.25) is 5.82 Å². The quantitative estimate of drug-likeness (QED) is 0.651. The van der Waals surface area contributed by atoms with Gasteiger partial charge in [0.15, 0.2) is 6.10 Å². The molecule has 0 fully saturated rings. The number of methoxy groups -OCH3 is 2. The van der Waals surface area contributed by atoms with Crippen LogP contribution >= 0.6 is 0 Å². The van der Waals surface area contributed by atoms with Crippen LogP contribution in [0.3, 0.4) is 0 Å². The fourth-order valence-corrected chi connectivity index (χ4v) is 1.32. The Morgan fingerprint density at radius 1 is 1.33 bits per heavy atom. The number of nitrogens with zero attached hydrogens (tertiary/aromatic N) is 2. The van der Waals surface area contributed by atoms with Gasteiger partial charge in [0, 0.05) is 13.2 Å². The standard InChI is InChI=1S/C10H14N2O6/c1-12-4-5(11-8(12)10(16)18-3)6(13)7(14)9(15)17-2/h4,6-7,13-14H,1-3H3. The molecule has 0 radical (unpaired) electrons. The zero-order valence-corrected chi connectivity index (χ0v) is 10.2. The number of carbonyl (C=O) groups excluding carboxylic acids is 2. The number of esters is 2.